The second-order valence-corrected chi connectivity index (χ2v) is 7.74. The third-order valence-electron chi connectivity index (χ3n) is 5.67. The summed E-state index contributed by atoms with van der Waals surface area (Å²) < 4.78 is 0. The summed E-state index contributed by atoms with van der Waals surface area (Å²) in [6.07, 6.45) is 4.95. The maximum absolute atomic E-state index is 12.5. The van der Waals surface area contributed by atoms with E-state index in [2.05, 4.69) is 13.8 Å². The molecule has 1 fully saturated rings. The first kappa shape index (κ1) is 22.1. The zero-order chi connectivity index (χ0) is 20.5. The summed E-state index contributed by atoms with van der Waals surface area (Å²) in [4.78, 5) is 40.9. The predicted molar refractivity (Wildman–Crippen MR) is 111 cm³/mol. The quantitative estimate of drug-likeness (QED) is 0.608. The van der Waals surface area contributed by atoms with Crippen molar-refractivity contribution in [2.24, 2.45) is 5.92 Å². The lowest BCUT2D eigenvalue weighted by molar-refractivity contribution is -0.139. The Bertz CT molecular complexity index is 661. The van der Waals surface area contributed by atoms with Crippen LogP contribution in [-0.2, 0) is 16.0 Å². The molecule has 0 aliphatic carbocycles. The van der Waals surface area contributed by atoms with E-state index in [0.717, 1.165) is 25.8 Å². The molecular formula is C23H34N2O3. The van der Waals surface area contributed by atoms with E-state index in [1.54, 1.807) is 0 Å². The fraction of sp³-hybridized carbons (Fsp3) is 0.609. The lowest BCUT2D eigenvalue weighted by Crippen LogP contribution is -2.43. The van der Waals surface area contributed by atoms with Gasteiger partial charge in [0.15, 0.2) is 5.78 Å². The normalized spacial score (nSPS) is 14.8. The van der Waals surface area contributed by atoms with Crippen molar-refractivity contribution in [1.82, 2.24) is 9.80 Å². The van der Waals surface area contributed by atoms with Gasteiger partial charge in [-0.2, -0.15) is 0 Å². The highest BCUT2D eigenvalue weighted by Gasteiger charge is 2.29. The average molecular weight is 387 g/mol. The Kier molecular flexibility index (Phi) is 8.68. The van der Waals surface area contributed by atoms with Crippen LogP contribution in [0.5, 0.6) is 0 Å². The minimum absolute atomic E-state index is 0.0126. The number of hydrogen-bond donors (Lipinski definition) is 0. The molecule has 28 heavy (non-hydrogen) atoms. The number of piperidine rings is 1. The zero-order valence-electron chi connectivity index (χ0n) is 17.6. The summed E-state index contributed by atoms with van der Waals surface area (Å²) >= 11 is 0. The second kappa shape index (κ2) is 11.0. The first-order valence-electron chi connectivity index (χ1n) is 10.6. The molecule has 0 unspecified atom stereocenters. The van der Waals surface area contributed by atoms with Gasteiger partial charge in [0.25, 0.3) is 0 Å². The van der Waals surface area contributed by atoms with E-state index in [-0.39, 0.29) is 36.4 Å². The van der Waals surface area contributed by atoms with Crippen LogP contribution >= 0.6 is 0 Å². The van der Waals surface area contributed by atoms with Gasteiger partial charge in [0.1, 0.15) is 0 Å². The van der Waals surface area contributed by atoms with Crippen molar-refractivity contribution in [2.75, 3.05) is 26.7 Å². The van der Waals surface area contributed by atoms with Crippen molar-refractivity contribution in [2.45, 2.75) is 58.8 Å². The molecule has 0 aromatic heterocycles. The molecular weight excluding hydrogens is 352 g/mol. The molecule has 5 nitrogen and oxygen atoms in total. The van der Waals surface area contributed by atoms with Crippen molar-refractivity contribution in [3.05, 3.63) is 35.4 Å². The van der Waals surface area contributed by atoms with Gasteiger partial charge in [-0.25, -0.2) is 0 Å². The van der Waals surface area contributed by atoms with Gasteiger partial charge in [-0.3, -0.25) is 14.4 Å². The number of likely N-dealkylation sites (tertiary alicyclic amines) is 1. The molecule has 5 heteroatoms. The Morgan fingerprint density at radius 3 is 2.25 bits per heavy atom. The van der Waals surface area contributed by atoms with Crippen LogP contribution in [0.15, 0.2) is 24.3 Å². The van der Waals surface area contributed by atoms with Crippen molar-refractivity contribution >= 4 is 17.6 Å². The Morgan fingerprint density at radius 1 is 1.04 bits per heavy atom. The van der Waals surface area contributed by atoms with Crippen LogP contribution in [0.4, 0.5) is 0 Å². The fourth-order valence-electron chi connectivity index (χ4n) is 3.64. The molecule has 154 valence electrons. The first-order chi connectivity index (χ1) is 13.5. The maximum atomic E-state index is 12.5. The van der Waals surface area contributed by atoms with Crippen LogP contribution < -0.4 is 0 Å². The number of amides is 2. The summed E-state index contributed by atoms with van der Waals surface area (Å²) in [6, 6.07) is 7.62. The number of nitrogens with zero attached hydrogens (tertiary/aromatic N) is 2. The second-order valence-electron chi connectivity index (χ2n) is 7.74. The van der Waals surface area contributed by atoms with E-state index in [0.29, 0.717) is 31.5 Å². The molecule has 1 aliphatic heterocycles. The van der Waals surface area contributed by atoms with E-state index in [4.69, 9.17) is 0 Å². The summed E-state index contributed by atoms with van der Waals surface area (Å²) in [5, 5.41) is 0. The van der Waals surface area contributed by atoms with E-state index in [1.807, 2.05) is 41.1 Å². The van der Waals surface area contributed by atoms with Gasteiger partial charge in [0.2, 0.25) is 11.8 Å². The topological polar surface area (TPSA) is 57.7 Å². The Balaban J connectivity index is 1.75. The Morgan fingerprint density at radius 2 is 1.68 bits per heavy atom. The van der Waals surface area contributed by atoms with Gasteiger partial charge in [0, 0.05) is 51.0 Å². The molecule has 1 aromatic rings. The molecule has 0 saturated carbocycles. The molecule has 0 spiro atoms. The van der Waals surface area contributed by atoms with Gasteiger partial charge in [-0.05, 0) is 31.2 Å². The number of Topliss-reactive ketones (excluding diaryl/α,β-unsaturated/α-hetero) is 1. The molecule has 0 N–H and O–H groups in total. The Hall–Kier alpha value is -2.17. The molecule has 2 rings (SSSR count). The van der Waals surface area contributed by atoms with Gasteiger partial charge in [-0.1, -0.05) is 44.5 Å². The van der Waals surface area contributed by atoms with Gasteiger partial charge in [-0.15, -0.1) is 0 Å². The van der Waals surface area contributed by atoms with E-state index in [1.165, 1.54) is 5.56 Å². The van der Waals surface area contributed by atoms with Crippen LogP contribution in [0.3, 0.4) is 0 Å². The summed E-state index contributed by atoms with van der Waals surface area (Å²) in [7, 11) is 1.87. The number of carbonyl (C=O) groups excluding carboxylic acids is 3. The molecule has 1 saturated heterocycles. The number of aryl methyl sites for hydroxylation is 1. The number of carbonyl (C=O) groups is 3. The van der Waals surface area contributed by atoms with Crippen molar-refractivity contribution in [3.63, 3.8) is 0 Å². The van der Waals surface area contributed by atoms with Gasteiger partial charge >= 0.3 is 0 Å². The number of hydrogen-bond acceptors (Lipinski definition) is 3. The van der Waals surface area contributed by atoms with E-state index < -0.39 is 0 Å². The van der Waals surface area contributed by atoms with Crippen LogP contribution in [0.25, 0.3) is 0 Å². The highest BCUT2D eigenvalue weighted by atomic mass is 16.2. The lowest BCUT2D eigenvalue weighted by atomic mass is 9.94. The largest absolute Gasteiger partial charge is 0.346 e. The molecule has 0 radical (unpaired) electrons. The standard InChI is InChI=1S/C23H34N2O3/c1-4-6-15-24(3)23(28)20-13-16-25(17-14-20)22(27)12-11-21(26)19-9-7-18(5-2)8-10-19/h7-10,20H,4-6,11-17H2,1-3H3. The molecule has 1 aliphatic rings. The maximum Gasteiger partial charge on any atom is 0.225 e. The highest BCUT2D eigenvalue weighted by Crippen LogP contribution is 2.20. The number of rotatable bonds is 9. The monoisotopic (exact) mass is 386 g/mol. The fourth-order valence-corrected chi connectivity index (χ4v) is 3.64. The number of benzene rings is 1. The van der Waals surface area contributed by atoms with Crippen LogP contribution in [0.2, 0.25) is 0 Å². The molecule has 1 heterocycles. The van der Waals surface area contributed by atoms with Crippen LogP contribution in [-0.4, -0.2) is 54.1 Å². The molecule has 1 aromatic carbocycles. The Labute approximate surface area is 169 Å². The van der Waals surface area contributed by atoms with Gasteiger partial charge in [0.05, 0.1) is 0 Å². The van der Waals surface area contributed by atoms with Crippen molar-refractivity contribution in [3.8, 4) is 0 Å². The molecule has 0 bridgehead atoms. The summed E-state index contributed by atoms with van der Waals surface area (Å²) in [5.74, 6) is 0.248. The average Bonchev–Trinajstić information content (AvgIpc) is 2.75. The van der Waals surface area contributed by atoms with E-state index in [9.17, 15) is 14.4 Å². The third-order valence-corrected chi connectivity index (χ3v) is 5.67. The summed E-state index contributed by atoms with van der Waals surface area (Å²) in [6.45, 7) is 6.21. The zero-order valence-corrected chi connectivity index (χ0v) is 17.6. The first-order valence-corrected chi connectivity index (χ1v) is 10.6. The molecule has 0 atom stereocenters. The lowest BCUT2D eigenvalue weighted by Gasteiger charge is -2.33. The minimum Gasteiger partial charge on any atom is -0.346 e. The van der Waals surface area contributed by atoms with Crippen LogP contribution in [0.1, 0.15) is 68.3 Å². The van der Waals surface area contributed by atoms with Crippen LogP contribution in [0, 0.1) is 5.92 Å². The smallest absolute Gasteiger partial charge is 0.225 e. The highest BCUT2D eigenvalue weighted by molar-refractivity contribution is 5.98. The number of unbranched alkanes of at least 4 members (excludes halogenated alkanes) is 1. The van der Waals surface area contributed by atoms with Crippen molar-refractivity contribution < 1.29 is 14.4 Å². The predicted octanol–water partition coefficient (Wildman–Crippen LogP) is 3.71. The minimum atomic E-state index is 0.0126. The third kappa shape index (κ3) is 6.18. The number of ketones is 1. The SMILES string of the molecule is CCCCN(C)C(=O)C1CCN(C(=O)CCC(=O)c2ccc(CC)cc2)CC1. The molecule has 2 amide bonds. The summed E-state index contributed by atoms with van der Waals surface area (Å²) in [5.41, 5.74) is 1.87. The van der Waals surface area contributed by atoms with Gasteiger partial charge < -0.3 is 9.80 Å². The van der Waals surface area contributed by atoms with Crippen molar-refractivity contribution in [1.29, 1.82) is 0 Å². The van der Waals surface area contributed by atoms with E-state index >= 15 is 0 Å².